The molecule has 1 unspecified atom stereocenters. The molecule has 0 aliphatic carbocycles. The summed E-state index contributed by atoms with van der Waals surface area (Å²) < 4.78 is 29.4. The lowest BCUT2D eigenvalue weighted by atomic mass is 9.87. The van der Waals surface area contributed by atoms with Gasteiger partial charge in [0.2, 0.25) is 0 Å². The third kappa shape index (κ3) is 4.31. The lowest BCUT2D eigenvalue weighted by molar-refractivity contribution is 0.129. The molecule has 32 heavy (non-hydrogen) atoms. The Morgan fingerprint density at radius 2 is 1.97 bits per heavy atom. The van der Waals surface area contributed by atoms with Crippen LogP contribution in [0.5, 0.6) is 0 Å². The summed E-state index contributed by atoms with van der Waals surface area (Å²) in [6, 6.07) is 3.87. The number of fused-ring (bicyclic) bond motifs is 1. The number of rotatable bonds is 5. The second-order valence-electron chi connectivity index (χ2n) is 8.60. The van der Waals surface area contributed by atoms with Crippen molar-refractivity contribution in [2.45, 2.75) is 51.7 Å². The van der Waals surface area contributed by atoms with E-state index in [1.54, 1.807) is 4.57 Å². The topological polar surface area (TPSA) is 91.0 Å². The fourth-order valence-electron chi connectivity index (χ4n) is 4.81. The first kappa shape index (κ1) is 22.5. The van der Waals surface area contributed by atoms with Gasteiger partial charge in [-0.05, 0) is 64.3 Å². The molecule has 1 fully saturated rings. The Labute approximate surface area is 185 Å². The van der Waals surface area contributed by atoms with Crippen LogP contribution in [0.3, 0.4) is 0 Å². The molecule has 9 heteroatoms. The van der Waals surface area contributed by atoms with Gasteiger partial charge in [-0.25, -0.2) is 13.8 Å². The summed E-state index contributed by atoms with van der Waals surface area (Å²) >= 11 is 0. The Balaban J connectivity index is 1.40. The summed E-state index contributed by atoms with van der Waals surface area (Å²) in [4.78, 5) is 19.6. The maximum Gasteiger partial charge on any atom is 0.257 e. The molecule has 172 valence electrons. The predicted molar refractivity (Wildman–Crippen MR) is 115 cm³/mol. The van der Waals surface area contributed by atoms with Crippen LogP contribution >= 0.6 is 0 Å². The van der Waals surface area contributed by atoms with Crippen molar-refractivity contribution in [1.82, 2.24) is 14.5 Å². The molecule has 0 radical (unpaired) electrons. The average molecular weight is 446 g/mol. The van der Waals surface area contributed by atoms with Crippen molar-refractivity contribution >= 4 is 5.71 Å². The van der Waals surface area contributed by atoms with Gasteiger partial charge in [-0.3, -0.25) is 9.36 Å². The van der Waals surface area contributed by atoms with E-state index in [9.17, 15) is 23.9 Å². The van der Waals surface area contributed by atoms with Crippen molar-refractivity contribution in [2.24, 2.45) is 11.1 Å². The number of halogens is 2. The highest BCUT2D eigenvalue weighted by Gasteiger charge is 2.28. The smallest absolute Gasteiger partial charge is 0.257 e. The zero-order valence-electron chi connectivity index (χ0n) is 18.1. The maximum atomic E-state index is 14.2. The highest BCUT2D eigenvalue weighted by atomic mass is 19.2. The highest BCUT2D eigenvalue weighted by Crippen LogP contribution is 2.26. The minimum atomic E-state index is -0.997. The number of hydrogen-bond donors (Lipinski definition) is 2. The van der Waals surface area contributed by atoms with E-state index < -0.39 is 17.7 Å². The van der Waals surface area contributed by atoms with E-state index in [4.69, 9.17) is 0 Å². The molecule has 0 amide bonds. The molecule has 4 rings (SSSR count). The second-order valence-corrected chi connectivity index (χ2v) is 8.60. The molecule has 1 aromatic carbocycles. The van der Waals surface area contributed by atoms with Crippen LogP contribution in [0.15, 0.2) is 28.1 Å². The number of aryl methyl sites for hydroxylation is 1. The Morgan fingerprint density at radius 1 is 1.22 bits per heavy atom. The summed E-state index contributed by atoms with van der Waals surface area (Å²) in [6.45, 7) is 4.45. The molecule has 7 nitrogen and oxygen atoms in total. The van der Waals surface area contributed by atoms with Crippen molar-refractivity contribution in [3.63, 3.8) is 0 Å². The van der Waals surface area contributed by atoms with Crippen LogP contribution in [0.2, 0.25) is 0 Å². The number of nitrogens with zero attached hydrogens (tertiary/aromatic N) is 4. The van der Waals surface area contributed by atoms with Crippen molar-refractivity contribution in [3.8, 4) is 0 Å². The van der Waals surface area contributed by atoms with Crippen molar-refractivity contribution in [3.05, 3.63) is 62.8 Å². The largest absolute Gasteiger partial charge is 0.411 e. The molecular weight excluding hydrogens is 418 g/mol. The van der Waals surface area contributed by atoms with Crippen LogP contribution in [-0.4, -0.2) is 50.1 Å². The second kappa shape index (κ2) is 9.46. The molecule has 0 spiro atoms. The van der Waals surface area contributed by atoms with E-state index in [1.165, 1.54) is 12.1 Å². The average Bonchev–Trinajstić information content (AvgIpc) is 2.79. The molecule has 2 N–H and O–H groups in total. The minimum absolute atomic E-state index is 0.00285. The van der Waals surface area contributed by atoms with E-state index in [0.29, 0.717) is 68.9 Å². The Hall–Kier alpha value is -2.65. The summed E-state index contributed by atoms with van der Waals surface area (Å²) in [7, 11) is 0. The fourth-order valence-corrected chi connectivity index (χ4v) is 4.81. The van der Waals surface area contributed by atoms with E-state index in [1.807, 2.05) is 6.92 Å². The molecule has 0 bridgehead atoms. The molecule has 1 saturated heterocycles. The van der Waals surface area contributed by atoms with Gasteiger partial charge < -0.3 is 15.2 Å². The lowest BCUT2D eigenvalue weighted by Gasteiger charge is -2.32. The van der Waals surface area contributed by atoms with Gasteiger partial charge in [0.25, 0.3) is 5.56 Å². The molecule has 2 aliphatic rings. The number of oxime groups is 1. The van der Waals surface area contributed by atoms with Crippen LogP contribution in [0.25, 0.3) is 0 Å². The molecule has 2 aliphatic heterocycles. The zero-order valence-corrected chi connectivity index (χ0v) is 18.1. The normalized spacial score (nSPS) is 20.4. The molecule has 3 heterocycles. The third-order valence-electron chi connectivity index (χ3n) is 6.64. The number of aliphatic hydroxyl groups is 1. The van der Waals surface area contributed by atoms with E-state index in [0.717, 1.165) is 12.5 Å². The number of hydrogen-bond acceptors (Lipinski definition) is 6. The van der Waals surface area contributed by atoms with Gasteiger partial charge >= 0.3 is 0 Å². The quantitative estimate of drug-likeness (QED) is 0.419. The van der Waals surface area contributed by atoms with E-state index in [2.05, 4.69) is 15.0 Å². The number of likely N-dealkylation sites (tertiary alicyclic amines) is 1. The van der Waals surface area contributed by atoms with Gasteiger partial charge in [-0.2, -0.15) is 0 Å². The Kier molecular flexibility index (Phi) is 6.66. The van der Waals surface area contributed by atoms with Gasteiger partial charge in [-0.15, -0.1) is 0 Å². The van der Waals surface area contributed by atoms with Crippen LogP contribution < -0.4 is 5.56 Å². The van der Waals surface area contributed by atoms with Crippen LogP contribution in [0.1, 0.15) is 54.4 Å². The summed E-state index contributed by atoms with van der Waals surface area (Å²) in [5.41, 5.74) is 1.43. The molecule has 2 aromatic rings. The summed E-state index contributed by atoms with van der Waals surface area (Å²) in [5.74, 6) is -1.67. The fraction of sp³-hybridized carbons (Fsp3) is 0.522. The molecule has 0 saturated carbocycles. The first-order chi connectivity index (χ1) is 15.4. The number of piperidine rings is 1. The predicted octanol–water partition coefficient (Wildman–Crippen LogP) is 2.79. The summed E-state index contributed by atoms with van der Waals surface area (Å²) in [5, 5.41) is 22.9. The van der Waals surface area contributed by atoms with Crippen LogP contribution in [0, 0.1) is 24.5 Å². The molecular formula is C23H28F2N4O3. The maximum absolute atomic E-state index is 14.2. The summed E-state index contributed by atoms with van der Waals surface area (Å²) in [6.07, 6.45) is 2.53. The van der Waals surface area contributed by atoms with E-state index in [-0.39, 0.29) is 22.8 Å². The Bertz CT molecular complexity index is 1080. The van der Waals surface area contributed by atoms with Crippen LogP contribution in [-0.2, 0) is 13.0 Å². The van der Waals surface area contributed by atoms with Gasteiger partial charge in [-0.1, -0.05) is 11.2 Å². The van der Waals surface area contributed by atoms with Gasteiger partial charge in [0.15, 0.2) is 11.6 Å². The van der Waals surface area contributed by atoms with Gasteiger partial charge in [0, 0.05) is 35.8 Å². The van der Waals surface area contributed by atoms with Gasteiger partial charge in [0.05, 0.1) is 5.71 Å². The van der Waals surface area contributed by atoms with Crippen molar-refractivity contribution < 1.29 is 19.1 Å². The first-order valence-corrected chi connectivity index (χ1v) is 11.1. The SMILES string of the molecule is Cc1nc2n(c(=O)c1CCN1CCC(/C(=N/O)c3cccc(F)c3F)CC1)CCCC2O. The monoisotopic (exact) mass is 446 g/mol. The third-order valence-corrected chi connectivity index (χ3v) is 6.64. The number of aromatic nitrogens is 2. The molecule has 1 aromatic heterocycles. The van der Waals surface area contributed by atoms with E-state index >= 15 is 0 Å². The highest BCUT2D eigenvalue weighted by molar-refractivity contribution is 6.02. The van der Waals surface area contributed by atoms with Gasteiger partial charge in [0.1, 0.15) is 11.9 Å². The molecule has 1 atom stereocenters. The lowest BCUT2D eigenvalue weighted by Crippen LogP contribution is -2.39. The van der Waals surface area contributed by atoms with Crippen molar-refractivity contribution in [1.29, 1.82) is 0 Å². The van der Waals surface area contributed by atoms with Crippen LogP contribution in [0.4, 0.5) is 8.78 Å². The number of aliphatic hydroxyl groups excluding tert-OH is 1. The number of benzene rings is 1. The zero-order chi connectivity index (χ0) is 22.8. The standard InChI is InChI=1S/C23H28F2N4O3/c1-14-16(23(31)29-10-3-6-19(30)22(29)26-14)9-13-28-11-7-15(8-12-28)21(27-32)17-4-2-5-18(24)20(17)25/h2,4-5,15,19,30,32H,3,6-13H2,1H3/b27-21-. The minimum Gasteiger partial charge on any atom is -0.411 e. The Morgan fingerprint density at radius 3 is 2.69 bits per heavy atom. The van der Waals surface area contributed by atoms with Crippen molar-refractivity contribution in [2.75, 3.05) is 19.6 Å². The first-order valence-electron chi connectivity index (χ1n) is 11.1.